The van der Waals surface area contributed by atoms with Crippen LogP contribution in [0.5, 0.6) is 0 Å². The zero-order valence-electron chi connectivity index (χ0n) is 27.9. The van der Waals surface area contributed by atoms with Crippen molar-refractivity contribution < 1.29 is 38.3 Å². The first-order valence-electron chi connectivity index (χ1n) is 16.6. The van der Waals surface area contributed by atoms with Crippen molar-refractivity contribution in [2.45, 2.75) is 109 Å². The Kier molecular flexibility index (Phi) is 11.0. The number of carbonyl (C=O) groups excluding carboxylic acids is 3. The van der Waals surface area contributed by atoms with Crippen LogP contribution in [0.4, 0.5) is 11.4 Å². The zero-order valence-corrected chi connectivity index (χ0v) is 28.7. The summed E-state index contributed by atoms with van der Waals surface area (Å²) in [6.45, 7) is 9.03. The molecule has 0 spiro atoms. The minimum Gasteiger partial charge on any atom is -0.465 e. The highest BCUT2D eigenvalue weighted by Gasteiger charge is 2.40. The number of esters is 2. The van der Waals surface area contributed by atoms with Gasteiger partial charge in [-0.2, -0.15) is 0 Å². The Bertz CT molecular complexity index is 1430. The SMILES string of the molecule is COC(=O)c1sc(C(C)(C)C)cc1N(C(=O)C1CCC(C)CC1)C1CCC(O[C@H]2COC[C@@H]2OC(=O)c2ccc([N+](=O)[O-])cc2)CC1. The van der Waals surface area contributed by atoms with Crippen LogP contribution < -0.4 is 4.90 Å². The number of anilines is 1. The fourth-order valence-corrected chi connectivity index (χ4v) is 7.86. The summed E-state index contributed by atoms with van der Waals surface area (Å²) in [6, 6.07) is 7.21. The van der Waals surface area contributed by atoms with Crippen LogP contribution in [-0.2, 0) is 29.2 Å². The lowest BCUT2D eigenvalue weighted by atomic mass is 9.81. The van der Waals surface area contributed by atoms with E-state index in [0.717, 1.165) is 30.6 Å². The lowest BCUT2D eigenvalue weighted by Crippen LogP contribution is -2.47. The van der Waals surface area contributed by atoms with Crippen molar-refractivity contribution in [1.82, 2.24) is 0 Å². The lowest BCUT2D eigenvalue weighted by Gasteiger charge is -2.40. The summed E-state index contributed by atoms with van der Waals surface area (Å²) >= 11 is 1.40. The molecule has 1 aromatic carbocycles. The fraction of sp³-hybridized carbons (Fsp3) is 0.629. The molecule has 2 heterocycles. The molecule has 0 N–H and O–H groups in total. The van der Waals surface area contributed by atoms with Gasteiger partial charge >= 0.3 is 11.9 Å². The van der Waals surface area contributed by atoms with Crippen LogP contribution in [0.1, 0.15) is 104 Å². The first-order valence-corrected chi connectivity index (χ1v) is 17.4. The number of nitrogens with zero attached hydrogens (tertiary/aromatic N) is 2. The summed E-state index contributed by atoms with van der Waals surface area (Å²) in [5.74, 6) is -0.400. The third kappa shape index (κ3) is 8.21. The van der Waals surface area contributed by atoms with Gasteiger partial charge in [0.05, 0.1) is 42.6 Å². The molecule has 47 heavy (non-hydrogen) atoms. The highest BCUT2D eigenvalue weighted by atomic mass is 32.1. The highest BCUT2D eigenvalue weighted by Crippen LogP contribution is 2.42. The number of ether oxygens (including phenoxy) is 4. The molecule has 1 amide bonds. The van der Waals surface area contributed by atoms with Gasteiger partial charge in [-0.1, -0.05) is 27.7 Å². The number of hydrogen-bond donors (Lipinski definition) is 0. The molecule has 5 rings (SSSR count). The molecule has 2 aliphatic carbocycles. The molecule has 1 saturated heterocycles. The molecule has 2 atom stereocenters. The minimum atomic E-state index is -0.605. The van der Waals surface area contributed by atoms with Crippen molar-refractivity contribution in [3.8, 4) is 0 Å². The van der Waals surface area contributed by atoms with Crippen LogP contribution in [-0.4, -0.2) is 67.4 Å². The standard InChI is InChI=1S/C35H46N2O9S/c1-21-6-8-22(9-7-21)32(38)36(27-18-30(35(2,3)4)47-31(27)34(40)43-5)24-14-16-26(17-15-24)45-28-19-44-20-29(28)46-33(39)23-10-12-25(13-11-23)37(41)42/h10-13,18,21-22,24,26,28-29H,6-9,14-17,19-20H2,1-5H3/t21?,22?,24?,26?,28-,29-/m0/s1. The normalized spacial score (nSPS) is 26.4. The van der Waals surface area contributed by atoms with E-state index >= 15 is 0 Å². The average Bonchev–Trinajstić information content (AvgIpc) is 3.69. The number of non-ortho nitro benzene ring substituents is 1. The van der Waals surface area contributed by atoms with Gasteiger partial charge < -0.3 is 23.8 Å². The van der Waals surface area contributed by atoms with E-state index in [-0.39, 0.29) is 53.9 Å². The van der Waals surface area contributed by atoms with Gasteiger partial charge in [0.15, 0.2) is 6.10 Å². The molecule has 3 fully saturated rings. The summed E-state index contributed by atoms with van der Waals surface area (Å²) in [7, 11) is 1.38. The number of thiophene rings is 1. The summed E-state index contributed by atoms with van der Waals surface area (Å²) in [6.07, 6.45) is 5.35. The van der Waals surface area contributed by atoms with Crippen molar-refractivity contribution in [2.75, 3.05) is 25.2 Å². The van der Waals surface area contributed by atoms with E-state index in [1.807, 2.05) is 11.0 Å². The Hall–Kier alpha value is -3.35. The number of nitro benzene ring substituents is 1. The molecular formula is C35H46N2O9S. The number of hydrogen-bond acceptors (Lipinski definition) is 10. The number of methoxy groups -OCH3 is 1. The summed E-state index contributed by atoms with van der Waals surface area (Å²) in [5, 5.41) is 10.9. The quantitative estimate of drug-likeness (QED) is 0.159. The van der Waals surface area contributed by atoms with E-state index in [2.05, 4.69) is 27.7 Å². The molecule has 2 saturated carbocycles. The van der Waals surface area contributed by atoms with Crippen molar-refractivity contribution in [2.24, 2.45) is 11.8 Å². The molecule has 1 aliphatic heterocycles. The Balaban J connectivity index is 1.28. The monoisotopic (exact) mass is 670 g/mol. The number of rotatable bonds is 9. The second-order valence-corrected chi connectivity index (χ2v) is 15.2. The maximum Gasteiger partial charge on any atom is 0.350 e. The lowest BCUT2D eigenvalue weighted by molar-refractivity contribution is -0.384. The van der Waals surface area contributed by atoms with Crippen molar-refractivity contribution in [3.05, 3.63) is 55.8 Å². The van der Waals surface area contributed by atoms with Crippen LogP contribution in [0.3, 0.4) is 0 Å². The predicted molar refractivity (Wildman–Crippen MR) is 177 cm³/mol. The fourth-order valence-electron chi connectivity index (χ4n) is 6.73. The van der Waals surface area contributed by atoms with E-state index in [1.165, 1.54) is 42.7 Å². The summed E-state index contributed by atoms with van der Waals surface area (Å²) in [5.41, 5.74) is 0.565. The molecular weight excluding hydrogens is 624 g/mol. The number of benzene rings is 1. The van der Waals surface area contributed by atoms with Crippen molar-refractivity contribution in [1.29, 1.82) is 0 Å². The van der Waals surface area contributed by atoms with Gasteiger partial charge in [-0.15, -0.1) is 11.3 Å². The summed E-state index contributed by atoms with van der Waals surface area (Å²) in [4.78, 5) is 54.0. The average molecular weight is 671 g/mol. The van der Waals surface area contributed by atoms with Gasteiger partial charge in [0.25, 0.3) is 5.69 Å². The molecule has 0 bridgehead atoms. The Morgan fingerprint density at radius 2 is 1.57 bits per heavy atom. The van der Waals surface area contributed by atoms with E-state index in [0.29, 0.717) is 42.2 Å². The molecule has 256 valence electrons. The Morgan fingerprint density at radius 1 is 0.936 bits per heavy atom. The van der Waals surface area contributed by atoms with Crippen LogP contribution in [0, 0.1) is 22.0 Å². The molecule has 2 aromatic rings. The zero-order chi connectivity index (χ0) is 33.9. The number of amides is 1. The summed E-state index contributed by atoms with van der Waals surface area (Å²) < 4.78 is 22.9. The first kappa shape index (κ1) is 35.0. The topological polar surface area (TPSA) is 135 Å². The predicted octanol–water partition coefficient (Wildman–Crippen LogP) is 6.85. The molecule has 1 aromatic heterocycles. The van der Waals surface area contributed by atoms with Crippen LogP contribution >= 0.6 is 11.3 Å². The maximum atomic E-state index is 14.4. The van der Waals surface area contributed by atoms with Crippen LogP contribution in [0.25, 0.3) is 0 Å². The highest BCUT2D eigenvalue weighted by molar-refractivity contribution is 7.14. The minimum absolute atomic E-state index is 0.0782. The Labute approximate surface area is 280 Å². The number of nitro groups is 1. The van der Waals surface area contributed by atoms with Gasteiger partial charge in [-0.3, -0.25) is 14.9 Å². The van der Waals surface area contributed by atoms with Gasteiger partial charge in [-0.05, 0) is 80.9 Å². The van der Waals surface area contributed by atoms with Gasteiger partial charge in [0, 0.05) is 29.0 Å². The molecule has 12 heteroatoms. The first-order chi connectivity index (χ1) is 22.3. The molecule has 3 aliphatic rings. The van der Waals surface area contributed by atoms with E-state index in [4.69, 9.17) is 18.9 Å². The van der Waals surface area contributed by atoms with E-state index < -0.39 is 29.1 Å². The largest absolute Gasteiger partial charge is 0.465 e. The van der Waals surface area contributed by atoms with Gasteiger partial charge in [0.1, 0.15) is 11.0 Å². The molecule has 0 unspecified atom stereocenters. The second-order valence-electron chi connectivity index (χ2n) is 14.1. The van der Waals surface area contributed by atoms with Crippen molar-refractivity contribution >= 4 is 40.6 Å². The molecule has 0 radical (unpaired) electrons. The van der Waals surface area contributed by atoms with Crippen LogP contribution in [0.15, 0.2) is 30.3 Å². The van der Waals surface area contributed by atoms with Crippen LogP contribution in [0.2, 0.25) is 0 Å². The third-order valence-electron chi connectivity index (χ3n) is 9.61. The van der Waals surface area contributed by atoms with E-state index in [9.17, 15) is 24.5 Å². The Morgan fingerprint density at radius 3 is 2.17 bits per heavy atom. The van der Waals surface area contributed by atoms with Gasteiger partial charge in [-0.25, -0.2) is 9.59 Å². The third-order valence-corrected chi connectivity index (χ3v) is 11.1. The maximum absolute atomic E-state index is 14.4. The van der Waals surface area contributed by atoms with Gasteiger partial charge in [0.2, 0.25) is 5.91 Å². The second kappa shape index (κ2) is 14.8. The van der Waals surface area contributed by atoms with Crippen molar-refractivity contribution in [3.63, 3.8) is 0 Å². The van der Waals surface area contributed by atoms with E-state index in [1.54, 1.807) is 0 Å². The smallest absolute Gasteiger partial charge is 0.350 e. The molecule has 11 nitrogen and oxygen atoms in total. The number of carbonyl (C=O) groups is 3.